The average molecular weight is 263 g/mol. The Hall–Kier alpha value is -1.93. The van der Waals surface area contributed by atoms with Gasteiger partial charge in [0.15, 0.2) is 0 Å². The van der Waals surface area contributed by atoms with Crippen LogP contribution in [0.25, 0.3) is 22.4 Å². The zero-order valence-electron chi connectivity index (χ0n) is 10.7. The molecule has 0 spiro atoms. The van der Waals surface area contributed by atoms with Gasteiger partial charge >= 0.3 is 0 Å². The molecule has 0 saturated carbocycles. The fourth-order valence-corrected chi connectivity index (χ4v) is 3.76. The second kappa shape index (κ2) is 4.04. The highest BCUT2D eigenvalue weighted by atomic mass is 32.1. The molecule has 0 unspecified atom stereocenters. The lowest BCUT2D eigenvalue weighted by Gasteiger charge is -2.07. The van der Waals surface area contributed by atoms with Crippen molar-refractivity contribution in [2.24, 2.45) is 0 Å². The van der Waals surface area contributed by atoms with Crippen molar-refractivity contribution in [1.82, 2.24) is 4.98 Å². The van der Waals surface area contributed by atoms with Gasteiger partial charge in [-0.1, -0.05) is 48.6 Å². The molecule has 1 aromatic carbocycles. The molecule has 0 saturated heterocycles. The van der Waals surface area contributed by atoms with Crippen molar-refractivity contribution >= 4 is 22.5 Å². The van der Waals surface area contributed by atoms with Crippen LogP contribution in [0, 0.1) is 6.92 Å². The number of hydrogen-bond acceptors (Lipinski definition) is 2. The van der Waals surface area contributed by atoms with Crippen LogP contribution in [0.5, 0.6) is 0 Å². The Kier molecular flexibility index (Phi) is 2.32. The van der Waals surface area contributed by atoms with Crippen molar-refractivity contribution in [3.8, 4) is 11.3 Å². The van der Waals surface area contributed by atoms with Crippen LogP contribution in [-0.2, 0) is 0 Å². The highest BCUT2D eigenvalue weighted by Gasteiger charge is 2.23. The fraction of sp³-hybridized carbons (Fsp3) is 0.118. The molecule has 0 radical (unpaired) electrons. The van der Waals surface area contributed by atoms with Crippen LogP contribution in [0.3, 0.4) is 0 Å². The van der Waals surface area contributed by atoms with Crippen molar-refractivity contribution in [2.75, 3.05) is 0 Å². The third-order valence-electron chi connectivity index (χ3n) is 3.64. The van der Waals surface area contributed by atoms with Crippen LogP contribution < -0.4 is 0 Å². The van der Waals surface area contributed by atoms with Gasteiger partial charge in [0.25, 0.3) is 0 Å². The predicted octanol–water partition coefficient (Wildman–Crippen LogP) is 4.86. The molecular formula is C17H13NS. The number of benzene rings is 1. The van der Waals surface area contributed by atoms with Crippen LogP contribution in [0.4, 0.5) is 0 Å². The van der Waals surface area contributed by atoms with E-state index in [-0.39, 0.29) is 0 Å². The summed E-state index contributed by atoms with van der Waals surface area (Å²) in [6.07, 6.45) is 9.73. The number of aryl methyl sites for hydroxylation is 1. The second-order valence-electron chi connectivity index (χ2n) is 4.90. The highest BCUT2D eigenvalue weighted by molar-refractivity contribution is 7.13. The van der Waals surface area contributed by atoms with Crippen molar-refractivity contribution in [3.63, 3.8) is 0 Å². The molecule has 19 heavy (non-hydrogen) atoms. The Labute approximate surface area is 116 Å². The summed E-state index contributed by atoms with van der Waals surface area (Å²) in [5.41, 5.74) is 6.52. The molecule has 0 N–H and O–H groups in total. The minimum absolute atomic E-state index is 0.999. The van der Waals surface area contributed by atoms with Gasteiger partial charge in [0, 0.05) is 5.56 Å². The molecule has 2 aliphatic carbocycles. The summed E-state index contributed by atoms with van der Waals surface area (Å²) < 4.78 is 0. The molecule has 2 aromatic rings. The normalized spacial score (nSPS) is 15.8. The zero-order valence-corrected chi connectivity index (χ0v) is 11.5. The summed E-state index contributed by atoms with van der Waals surface area (Å²) in [4.78, 5) is 6.10. The Morgan fingerprint density at radius 1 is 1.00 bits per heavy atom. The maximum Gasteiger partial charge on any atom is 0.0908 e. The molecule has 0 atom stereocenters. The van der Waals surface area contributed by atoms with Gasteiger partial charge in [0.1, 0.15) is 0 Å². The minimum atomic E-state index is 0.999. The third kappa shape index (κ3) is 1.64. The maximum absolute atomic E-state index is 4.77. The summed E-state index contributed by atoms with van der Waals surface area (Å²) >= 11 is 1.80. The van der Waals surface area contributed by atoms with Gasteiger partial charge in [-0.2, -0.15) is 0 Å². The first-order valence-corrected chi connectivity index (χ1v) is 7.28. The van der Waals surface area contributed by atoms with Gasteiger partial charge in [-0.3, -0.25) is 0 Å². The van der Waals surface area contributed by atoms with E-state index in [2.05, 4.69) is 55.5 Å². The molecule has 4 rings (SSSR count). The first-order valence-electron chi connectivity index (χ1n) is 6.47. The van der Waals surface area contributed by atoms with E-state index in [4.69, 9.17) is 4.98 Å². The van der Waals surface area contributed by atoms with Crippen LogP contribution >= 0.6 is 11.3 Å². The van der Waals surface area contributed by atoms with Crippen molar-refractivity contribution in [3.05, 3.63) is 64.0 Å². The van der Waals surface area contributed by atoms with Gasteiger partial charge in [-0.05, 0) is 30.1 Å². The molecule has 1 nitrogen and oxygen atoms in total. The molecule has 0 amide bonds. The number of nitrogens with zero attached hydrogens (tertiary/aromatic N) is 1. The number of thiazole rings is 1. The minimum Gasteiger partial charge on any atom is -0.241 e. The lowest BCUT2D eigenvalue weighted by Crippen LogP contribution is -1.87. The molecule has 1 aromatic heterocycles. The number of aromatic nitrogens is 1. The van der Waals surface area contributed by atoms with Crippen LogP contribution in [0.15, 0.2) is 48.6 Å². The van der Waals surface area contributed by atoms with Gasteiger partial charge in [-0.15, -0.1) is 11.3 Å². The lowest BCUT2D eigenvalue weighted by atomic mass is 9.97. The van der Waals surface area contributed by atoms with Gasteiger partial charge in [0.05, 0.1) is 15.6 Å². The van der Waals surface area contributed by atoms with Crippen molar-refractivity contribution < 1.29 is 0 Å². The van der Waals surface area contributed by atoms with E-state index in [1.165, 1.54) is 27.2 Å². The molecule has 2 heteroatoms. The lowest BCUT2D eigenvalue weighted by molar-refractivity contribution is 1.29. The van der Waals surface area contributed by atoms with Gasteiger partial charge in [-0.25, -0.2) is 4.98 Å². The zero-order chi connectivity index (χ0) is 12.8. The van der Waals surface area contributed by atoms with E-state index in [0.29, 0.717) is 0 Å². The van der Waals surface area contributed by atoms with E-state index in [1.807, 2.05) is 0 Å². The largest absolute Gasteiger partial charge is 0.241 e. The van der Waals surface area contributed by atoms with Crippen molar-refractivity contribution in [1.29, 1.82) is 0 Å². The molecule has 0 fully saturated rings. The number of allylic oxidation sites excluding steroid dienone is 6. The summed E-state index contributed by atoms with van der Waals surface area (Å²) in [5, 5.41) is 1.14. The first kappa shape index (κ1) is 10.9. The molecular weight excluding hydrogens is 250 g/mol. The SMILES string of the molecule is Cc1nc2c(s1)C1=CC=CC=C(C1)c1ccccc1-2. The van der Waals surface area contributed by atoms with E-state index in [1.54, 1.807) is 11.3 Å². The quantitative estimate of drug-likeness (QED) is 0.661. The van der Waals surface area contributed by atoms with E-state index in [9.17, 15) is 0 Å². The fourth-order valence-electron chi connectivity index (χ4n) is 2.80. The number of fused-ring (bicyclic) bond motifs is 7. The summed E-state index contributed by atoms with van der Waals surface area (Å²) in [6, 6.07) is 8.62. The van der Waals surface area contributed by atoms with Crippen molar-refractivity contribution in [2.45, 2.75) is 13.3 Å². The second-order valence-corrected chi connectivity index (χ2v) is 6.10. The monoisotopic (exact) mass is 263 g/mol. The Morgan fingerprint density at radius 3 is 2.58 bits per heavy atom. The van der Waals surface area contributed by atoms with E-state index in [0.717, 1.165) is 17.1 Å². The standard InChI is InChI=1S/C17H13NS/c1-11-18-16-15-9-5-4-8-14(15)12-6-2-3-7-13(10-12)17(16)19-11/h2-9H,10H2,1H3. The summed E-state index contributed by atoms with van der Waals surface area (Å²) in [7, 11) is 0. The Balaban J connectivity index is 2.13. The maximum atomic E-state index is 4.77. The Bertz CT molecular complexity index is 759. The van der Waals surface area contributed by atoms with Crippen LogP contribution in [-0.4, -0.2) is 4.98 Å². The number of rotatable bonds is 0. The summed E-state index contributed by atoms with van der Waals surface area (Å²) in [6.45, 7) is 2.09. The molecule has 2 bridgehead atoms. The molecule has 1 heterocycles. The molecule has 2 aliphatic rings. The van der Waals surface area contributed by atoms with Crippen LogP contribution in [0.2, 0.25) is 0 Å². The van der Waals surface area contributed by atoms with E-state index < -0.39 is 0 Å². The van der Waals surface area contributed by atoms with Gasteiger partial charge in [0.2, 0.25) is 0 Å². The smallest absolute Gasteiger partial charge is 0.0908 e. The highest BCUT2D eigenvalue weighted by Crippen LogP contribution is 2.45. The molecule has 0 aliphatic heterocycles. The Morgan fingerprint density at radius 2 is 1.74 bits per heavy atom. The van der Waals surface area contributed by atoms with Crippen LogP contribution in [0.1, 0.15) is 21.9 Å². The first-order chi connectivity index (χ1) is 9.33. The third-order valence-corrected chi connectivity index (χ3v) is 4.69. The number of hydrogen-bond donors (Lipinski definition) is 0. The predicted molar refractivity (Wildman–Crippen MR) is 82.0 cm³/mol. The average Bonchev–Trinajstić information content (AvgIpc) is 2.62. The molecule has 92 valence electrons. The van der Waals surface area contributed by atoms with E-state index >= 15 is 0 Å². The van der Waals surface area contributed by atoms with Gasteiger partial charge < -0.3 is 0 Å². The summed E-state index contributed by atoms with van der Waals surface area (Å²) in [5.74, 6) is 0. The topological polar surface area (TPSA) is 12.9 Å².